The van der Waals surface area contributed by atoms with Crippen molar-refractivity contribution in [3.8, 4) is 0 Å². The summed E-state index contributed by atoms with van der Waals surface area (Å²) in [5.74, 6) is 0.178. The lowest BCUT2D eigenvalue weighted by Gasteiger charge is -2.10. The Balaban J connectivity index is 1.80. The summed E-state index contributed by atoms with van der Waals surface area (Å²) in [6, 6.07) is 7.66. The van der Waals surface area contributed by atoms with Gasteiger partial charge in [-0.15, -0.1) is 0 Å². The van der Waals surface area contributed by atoms with Gasteiger partial charge in [0.05, 0.1) is 11.3 Å². The van der Waals surface area contributed by atoms with Crippen LogP contribution in [0.5, 0.6) is 0 Å². The van der Waals surface area contributed by atoms with E-state index in [2.05, 4.69) is 24.5 Å². The standard InChI is InChI=1S/C15H18N2O2/c1-9(2)8-16-13(18)11-7-15(11)10-5-3-4-6-12(10)17-14(15)19/h3-6,9,11H,7-8H2,1-2H3,(H,16,18)(H,17,19)/t11-,15-/m0/s1. The van der Waals surface area contributed by atoms with Crippen molar-refractivity contribution in [3.05, 3.63) is 29.8 Å². The molecule has 19 heavy (non-hydrogen) atoms. The van der Waals surface area contributed by atoms with Crippen LogP contribution in [0.1, 0.15) is 25.8 Å². The van der Waals surface area contributed by atoms with Gasteiger partial charge in [0.15, 0.2) is 0 Å². The summed E-state index contributed by atoms with van der Waals surface area (Å²) in [6.07, 6.45) is 0.625. The smallest absolute Gasteiger partial charge is 0.235 e. The van der Waals surface area contributed by atoms with E-state index in [1.165, 1.54) is 0 Å². The average molecular weight is 258 g/mol. The summed E-state index contributed by atoms with van der Waals surface area (Å²) in [5.41, 5.74) is 1.23. The summed E-state index contributed by atoms with van der Waals surface area (Å²) in [4.78, 5) is 24.3. The van der Waals surface area contributed by atoms with Gasteiger partial charge < -0.3 is 10.6 Å². The molecule has 2 aliphatic rings. The molecule has 1 aliphatic heterocycles. The van der Waals surface area contributed by atoms with Crippen LogP contribution in [0.3, 0.4) is 0 Å². The fourth-order valence-electron chi connectivity index (χ4n) is 2.89. The van der Waals surface area contributed by atoms with Gasteiger partial charge in [-0.1, -0.05) is 32.0 Å². The van der Waals surface area contributed by atoms with Gasteiger partial charge in [0, 0.05) is 12.2 Å². The van der Waals surface area contributed by atoms with Crippen LogP contribution in [0.15, 0.2) is 24.3 Å². The van der Waals surface area contributed by atoms with Gasteiger partial charge in [0.1, 0.15) is 0 Å². The van der Waals surface area contributed by atoms with Crippen LogP contribution in [-0.2, 0) is 15.0 Å². The summed E-state index contributed by atoms with van der Waals surface area (Å²) in [6.45, 7) is 4.77. The van der Waals surface area contributed by atoms with Crippen LogP contribution >= 0.6 is 0 Å². The van der Waals surface area contributed by atoms with Gasteiger partial charge in [-0.3, -0.25) is 9.59 Å². The quantitative estimate of drug-likeness (QED) is 0.866. The third kappa shape index (κ3) is 1.74. The van der Waals surface area contributed by atoms with Gasteiger partial charge in [0.25, 0.3) is 0 Å². The molecule has 1 aliphatic carbocycles. The van der Waals surface area contributed by atoms with Crippen LogP contribution in [0.25, 0.3) is 0 Å². The first-order valence-electron chi connectivity index (χ1n) is 6.74. The minimum Gasteiger partial charge on any atom is -0.356 e. The summed E-state index contributed by atoms with van der Waals surface area (Å²) in [5, 5.41) is 5.81. The number of anilines is 1. The lowest BCUT2D eigenvalue weighted by atomic mass is 9.94. The number of para-hydroxylation sites is 1. The topological polar surface area (TPSA) is 58.2 Å². The first kappa shape index (κ1) is 12.2. The van der Waals surface area contributed by atoms with Crippen molar-refractivity contribution in [2.24, 2.45) is 11.8 Å². The van der Waals surface area contributed by atoms with Gasteiger partial charge in [-0.25, -0.2) is 0 Å². The summed E-state index contributed by atoms with van der Waals surface area (Å²) in [7, 11) is 0. The maximum Gasteiger partial charge on any atom is 0.235 e. The minimum absolute atomic E-state index is 0.000512. The molecular weight excluding hydrogens is 240 g/mol. The summed E-state index contributed by atoms with van der Waals surface area (Å²) >= 11 is 0. The molecule has 100 valence electrons. The molecule has 4 heteroatoms. The van der Waals surface area contributed by atoms with E-state index in [1.807, 2.05) is 24.3 Å². The molecule has 1 saturated carbocycles. The number of hydrogen-bond donors (Lipinski definition) is 2. The van der Waals surface area contributed by atoms with Crippen LogP contribution < -0.4 is 10.6 Å². The van der Waals surface area contributed by atoms with Crippen molar-refractivity contribution in [2.75, 3.05) is 11.9 Å². The second-order valence-electron chi connectivity index (χ2n) is 5.87. The Labute approximate surface area is 112 Å². The van der Waals surface area contributed by atoms with Gasteiger partial charge >= 0.3 is 0 Å². The molecule has 2 N–H and O–H groups in total. The van der Waals surface area contributed by atoms with Gasteiger partial charge in [-0.05, 0) is 24.0 Å². The lowest BCUT2D eigenvalue weighted by molar-refractivity contribution is -0.125. The van der Waals surface area contributed by atoms with E-state index in [0.29, 0.717) is 18.9 Å². The largest absolute Gasteiger partial charge is 0.356 e. The predicted octanol–water partition coefficient (Wildman–Crippen LogP) is 1.67. The molecule has 1 spiro atoms. The van der Waals surface area contributed by atoms with Crippen molar-refractivity contribution in [2.45, 2.75) is 25.7 Å². The van der Waals surface area contributed by atoms with Crippen molar-refractivity contribution in [1.82, 2.24) is 5.32 Å². The Morgan fingerprint density at radius 1 is 1.47 bits per heavy atom. The lowest BCUT2D eigenvalue weighted by Crippen LogP contribution is -2.33. The van der Waals surface area contributed by atoms with E-state index in [-0.39, 0.29) is 17.7 Å². The fraction of sp³-hybridized carbons (Fsp3) is 0.467. The first-order chi connectivity index (χ1) is 9.05. The highest BCUT2D eigenvalue weighted by molar-refractivity contribution is 6.12. The van der Waals surface area contributed by atoms with Crippen LogP contribution in [-0.4, -0.2) is 18.4 Å². The Kier molecular flexibility index (Phi) is 2.62. The summed E-state index contributed by atoms with van der Waals surface area (Å²) < 4.78 is 0. The zero-order valence-electron chi connectivity index (χ0n) is 11.2. The molecule has 4 nitrogen and oxygen atoms in total. The molecule has 0 unspecified atom stereocenters. The molecule has 0 saturated heterocycles. The zero-order valence-corrected chi connectivity index (χ0v) is 11.2. The highest BCUT2D eigenvalue weighted by Gasteiger charge is 2.67. The Bertz CT molecular complexity index is 553. The number of carbonyl (C=O) groups excluding carboxylic acids is 2. The SMILES string of the molecule is CC(C)CNC(=O)[C@@H]1C[C@@]12C(=O)Nc1ccccc12. The fourth-order valence-corrected chi connectivity index (χ4v) is 2.89. The maximum absolute atomic E-state index is 12.2. The molecule has 1 aromatic rings. The normalized spacial score (nSPS) is 27.3. The molecule has 0 bridgehead atoms. The van der Waals surface area contributed by atoms with Crippen LogP contribution in [0.4, 0.5) is 5.69 Å². The molecular formula is C15H18N2O2. The van der Waals surface area contributed by atoms with E-state index in [9.17, 15) is 9.59 Å². The number of rotatable bonds is 3. The average Bonchev–Trinajstić information content (AvgIpc) is 3.06. The maximum atomic E-state index is 12.2. The van der Waals surface area contributed by atoms with Crippen molar-refractivity contribution in [1.29, 1.82) is 0 Å². The number of fused-ring (bicyclic) bond motifs is 2. The second kappa shape index (κ2) is 4.08. The molecule has 2 amide bonds. The number of amides is 2. The van der Waals surface area contributed by atoms with E-state index < -0.39 is 5.41 Å². The van der Waals surface area contributed by atoms with E-state index in [1.54, 1.807) is 0 Å². The molecule has 3 rings (SSSR count). The van der Waals surface area contributed by atoms with Crippen molar-refractivity contribution < 1.29 is 9.59 Å². The van der Waals surface area contributed by atoms with Crippen molar-refractivity contribution in [3.63, 3.8) is 0 Å². The Hall–Kier alpha value is -1.84. The monoisotopic (exact) mass is 258 g/mol. The molecule has 1 heterocycles. The van der Waals surface area contributed by atoms with E-state index >= 15 is 0 Å². The molecule has 0 aromatic heterocycles. The number of hydrogen-bond acceptors (Lipinski definition) is 2. The van der Waals surface area contributed by atoms with E-state index in [0.717, 1.165) is 11.3 Å². The van der Waals surface area contributed by atoms with E-state index in [4.69, 9.17) is 0 Å². The highest BCUT2D eigenvalue weighted by atomic mass is 16.2. The molecule has 2 atom stereocenters. The van der Waals surface area contributed by atoms with Crippen LogP contribution in [0, 0.1) is 11.8 Å². The number of benzene rings is 1. The number of nitrogens with one attached hydrogen (secondary N) is 2. The van der Waals surface area contributed by atoms with Gasteiger partial charge in [0.2, 0.25) is 11.8 Å². The zero-order chi connectivity index (χ0) is 13.6. The Morgan fingerprint density at radius 3 is 2.95 bits per heavy atom. The Morgan fingerprint density at radius 2 is 2.21 bits per heavy atom. The van der Waals surface area contributed by atoms with Crippen LogP contribution in [0.2, 0.25) is 0 Å². The first-order valence-corrected chi connectivity index (χ1v) is 6.74. The second-order valence-corrected chi connectivity index (χ2v) is 5.87. The molecule has 0 radical (unpaired) electrons. The minimum atomic E-state index is -0.600. The third-order valence-corrected chi connectivity index (χ3v) is 4.02. The predicted molar refractivity (Wildman–Crippen MR) is 72.7 cm³/mol. The van der Waals surface area contributed by atoms with Crippen molar-refractivity contribution >= 4 is 17.5 Å². The molecule has 1 fully saturated rings. The van der Waals surface area contributed by atoms with Gasteiger partial charge in [-0.2, -0.15) is 0 Å². The third-order valence-electron chi connectivity index (χ3n) is 4.02. The number of carbonyl (C=O) groups is 2. The molecule has 1 aromatic carbocycles. The highest BCUT2D eigenvalue weighted by Crippen LogP contribution is 2.59.